The Morgan fingerprint density at radius 1 is 1.33 bits per heavy atom. The number of amides is 1. The topological polar surface area (TPSA) is 138 Å². The maximum Gasteiger partial charge on any atom is 0.270 e. The van der Waals surface area contributed by atoms with Gasteiger partial charge in [-0.05, 0) is 36.6 Å². The third kappa shape index (κ3) is 4.54. The Bertz CT molecular complexity index is 1020. The van der Waals surface area contributed by atoms with Crippen molar-refractivity contribution in [2.24, 2.45) is 0 Å². The lowest BCUT2D eigenvalue weighted by Crippen LogP contribution is -2.24. The van der Waals surface area contributed by atoms with Crippen LogP contribution >= 0.6 is 0 Å². The molecule has 0 atom stereocenters. The summed E-state index contributed by atoms with van der Waals surface area (Å²) < 4.78 is 22.9. The quantitative estimate of drug-likeness (QED) is 0.684. The van der Waals surface area contributed by atoms with Gasteiger partial charge in [0.25, 0.3) is 5.91 Å². The molecule has 0 radical (unpaired) electrons. The van der Waals surface area contributed by atoms with Gasteiger partial charge in [-0.2, -0.15) is 5.26 Å². The second-order valence-electron chi connectivity index (χ2n) is 6.45. The largest absolute Gasteiger partial charge is 0.397 e. The minimum absolute atomic E-state index is 0.113. The maximum absolute atomic E-state index is 12.4. The Kier molecular flexibility index (Phi) is 5.01. The van der Waals surface area contributed by atoms with Crippen LogP contribution in [-0.4, -0.2) is 31.6 Å². The molecule has 1 amide bonds. The first kappa shape index (κ1) is 18.7. The van der Waals surface area contributed by atoms with E-state index in [0.717, 1.165) is 24.7 Å². The summed E-state index contributed by atoms with van der Waals surface area (Å²) in [5.41, 5.74) is 7.17. The molecular formula is C18H19N5O3S. The first-order valence-electron chi connectivity index (χ1n) is 8.32. The number of anilines is 2. The van der Waals surface area contributed by atoms with Crippen LogP contribution in [0.5, 0.6) is 0 Å². The molecule has 2 aromatic rings. The van der Waals surface area contributed by atoms with E-state index in [4.69, 9.17) is 5.73 Å². The van der Waals surface area contributed by atoms with Crippen LogP contribution in [0.1, 0.15) is 34.5 Å². The molecule has 9 heteroatoms. The smallest absolute Gasteiger partial charge is 0.270 e. The normalized spacial score (nSPS) is 13.6. The summed E-state index contributed by atoms with van der Waals surface area (Å²) in [4.78, 5) is 16.9. The summed E-state index contributed by atoms with van der Waals surface area (Å²) in [5, 5.41) is 15.1. The number of benzene rings is 1. The van der Waals surface area contributed by atoms with E-state index in [0.29, 0.717) is 5.82 Å². The Hall–Kier alpha value is -3.12. The molecule has 1 saturated carbocycles. The zero-order valence-electron chi connectivity index (χ0n) is 14.7. The van der Waals surface area contributed by atoms with Crippen LogP contribution in [-0.2, 0) is 16.4 Å². The molecule has 140 valence electrons. The van der Waals surface area contributed by atoms with Crippen molar-refractivity contribution >= 4 is 27.2 Å². The Morgan fingerprint density at radius 2 is 2.00 bits per heavy atom. The van der Waals surface area contributed by atoms with Gasteiger partial charge in [0.2, 0.25) is 0 Å². The molecule has 0 bridgehead atoms. The molecule has 1 fully saturated rings. The number of aromatic nitrogens is 1. The fourth-order valence-corrected chi connectivity index (χ4v) is 3.08. The highest BCUT2D eigenvalue weighted by atomic mass is 32.2. The van der Waals surface area contributed by atoms with Gasteiger partial charge in [-0.25, -0.2) is 13.4 Å². The number of hydrogen-bond donors (Lipinski definition) is 3. The van der Waals surface area contributed by atoms with E-state index in [2.05, 4.69) is 15.6 Å². The van der Waals surface area contributed by atoms with Crippen molar-refractivity contribution in [3.8, 4) is 6.07 Å². The van der Waals surface area contributed by atoms with Gasteiger partial charge in [-0.1, -0.05) is 12.1 Å². The zero-order valence-corrected chi connectivity index (χ0v) is 15.5. The second-order valence-corrected chi connectivity index (χ2v) is 8.47. The zero-order chi connectivity index (χ0) is 19.6. The Balaban J connectivity index is 1.72. The van der Waals surface area contributed by atoms with E-state index in [9.17, 15) is 18.5 Å². The lowest BCUT2D eigenvalue weighted by atomic mass is 10.2. The Morgan fingerprint density at radius 3 is 2.56 bits per heavy atom. The van der Waals surface area contributed by atoms with Crippen molar-refractivity contribution in [2.45, 2.75) is 30.3 Å². The number of hydrogen-bond acceptors (Lipinski definition) is 7. The fourth-order valence-electron chi connectivity index (χ4n) is 2.45. The van der Waals surface area contributed by atoms with Gasteiger partial charge in [0.15, 0.2) is 9.84 Å². The van der Waals surface area contributed by atoms with Gasteiger partial charge in [0, 0.05) is 18.8 Å². The molecule has 0 unspecified atom stereocenters. The molecule has 1 aliphatic carbocycles. The van der Waals surface area contributed by atoms with E-state index in [1.807, 2.05) is 6.07 Å². The third-order valence-electron chi connectivity index (χ3n) is 4.12. The van der Waals surface area contributed by atoms with Crippen molar-refractivity contribution < 1.29 is 13.2 Å². The number of nitrogens with one attached hydrogen (secondary N) is 2. The average Bonchev–Trinajstić information content (AvgIpc) is 3.43. The molecule has 0 spiro atoms. The lowest BCUT2D eigenvalue weighted by molar-refractivity contribution is 0.0946. The predicted molar refractivity (Wildman–Crippen MR) is 101 cm³/mol. The van der Waals surface area contributed by atoms with Gasteiger partial charge in [-0.15, -0.1) is 0 Å². The fraction of sp³-hybridized carbons (Fsp3) is 0.278. The highest BCUT2D eigenvalue weighted by Crippen LogP contribution is 2.28. The number of nitrogen functional groups attached to an aromatic ring is 1. The molecule has 0 aliphatic heterocycles. The van der Waals surface area contributed by atoms with Crippen molar-refractivity contribution in [1.29, 1.82) is 5.26 Å². The number of nitrogens with zero attached hydrogens (tertiary/aromatic N) is 2. The van der Waals surface area contributed by atoms with Crippen molar-refractivity contribution in [1.82, 2.24) is 10.3 Å². The molecule has 1 aromatic heterocycles. The van der Waals surface area contributed by atoms with Crippen LogP contribution < -0.4 is 16.4 Å². The summed E-state index contributed by atoms with van der Waals surface area (Å²) in [6, 6.07) is 9.90. The summed E-state index contributed by atoms with van der Waals surface area (Å²) in [5.74, 6) is -0.111. The number of rotatable bonds is 6. The molecule has 3 rings (SSSR count). The minimum Gasteiger partial charge on any atom is -0.397 e. The van der Waals surface area contributed by atoms with Gasteiger partial charge >= 0.3 is 0 Å². The SMILES string of the molecule is CS(=O)(=O)c1ccc(CNC(=O)c2cc(N)c(C#N)c(NC3CC3)n2)cc1. The number of pyridine rings is 1. The van der Waals surface area contributed by atoms with E-state index in [1.165, 1.54) is 18.2 Å². The van der Waals surface area contributed by atoms with Crippen LogP contribution in [0.4, 0.5) is 11.5 Å². The third-order valence-corrected chi connectivity index (χ3v) is 5.25. The van der Waals surface area contributed by atoms with Crippen molar-refractivity contribution in [3.63, 3.8) is 0 Å². The van der Waals surface area contributed by atoms with Crippen LogP contribution in [0.3, 0.4) is 0 Å². The molecular weight excluding hydrogens is 366 g/mol. The first-order valence-corrected chi connectivity index (χ1v) is 10.2. The number of nitrogens with two attached hydrogens (primary N) is 1. The monoisotopic (exact) mass is 385 g/mol. The first-order chi connectivity index (χ1) is 12.8. The number of sulfone groups is 1. The predicted octanol–water partition coefficient (Wildman–Crippen LogP) is 1.44. The Labute approximate surface area is 157 Å². The van der Waals surface area contributed by atoms with E-state index in [1.54, 1.807) is 12.1 Å². The van der Waals surface area contributed by atoms with E-state index >= 15 is 0 Å². The molecule has 1 heterocycles. The molecule has 0 saturated heterocycles. The molecule has 8 nitrogen and oxygen atoms in total. The summed E-state index contributed by atoms with van der Waals surface area (Å²) in [6.45, 7) is 0.204. The highest BCUT2D eigenvalue weighted by molar-refractivity contribution is 7.90. The summed E-state index contributed by atoms with van der Waals surface area (Å²) >= 11 is 0. The second kappa shape index (κ2) is 7.25. The molecule has 27 heavy (non-hydrogen) atoms. The standard InChI is InChI=1S/C18H19N5O3S/c1-27(25,26)13-6-2-11(3-7-13)10-21-18(24)16-8-15(20)14(9-19)17(23-16)22-12-4-5-12/h2-3,6-8,12H,4-5,10H2,1H3,(H,21,24)(H3,20,22,23). The van der Waals surface area contributed by atoms with Gasteiger partial charge < -0.3 is 16.4 Å². The molecule has 1 aromatic carbocycles. The van der Waals surface area contributed by atoms with Crippen molar-refractivity contribution in [3.05, 3.63) is 47.2 Å². The number of carbonyl (C=O) groups is 1. The maximum atomic E-state index is 12.4. The molecule has 1 aliphatic rings. The average molecular weight is 385 g/mol. The highest BCUT2D eigenvalue weighted by Gasteiger charge is 2.24. The van der Waals surface area contributed by atoms with Crippen LogP contribution in [0.2, 0.25) is 0 Å². The van der Waals surface area contributed by atoms with E-state index < -0.39 is 15.7 Å². The molecule has 4 N–H and O–H groups in total. The number of nitriles is 1. The lowest BCUT2D eigenvalue weighted by Gasteiger charge is -2.11. The van der Waals surface area contributed by atoms with Gasteiger partial charge in [-0.3, -0.25) is 4.79 Å². The van der Waals surface area contributed by atoms with Crippen LogP contribution in [0.25, 0.3) is 0 Å². The van der Waals surface area contributed by atoms with E-state index in [-0.39, 0.29) is 34.4 Å². The van der Waals surface area contributed by atoms with Crippen LogP contribution in [0.15, 0.2) is 35.2 Å². The number of carbonyl (C=O) groups excluding carboxylic acids is 1. The van der Waals surface area contributed by atoms with Crippen LogP contribution in [0, 0.1) is 11.3 Å². The van der Waals surface area contributed by atoms with Crippen molar-refractivity contribution in [2.75, 3.05) is 17.3 Å². The minimum atomic E-state index is -3.26. The van der Waals surface area contributed by atoms with Gasteiger partial charge in [0.1, 0.15) is 23.1 Å². The van der Waals surface area contributed by atoms with Gasteiger partial charge in [0.05, 0.1) is 10.6 Å². The summed E-state index contributed by atoms with van der Waals surface area (Å²) in [7, 11) is -3.26. The summed E-state index contributed by atoms with van der Waals surface area (Å²) in [6.07, 6.45) is 3.12.